The second-order valence-corrected chi connectivity index (χ2v) is 6.36. The summed E-state index contributed by atoms with van der Waals surface area (Å²) in [5.41, 5.74) is 0.851. The van der Waals surface area contributed by atoms with E-state index in [-0.39, 0.29) is 4.90 Å². The van der Waals surface area contributed by atoms with Gasteiger partial charge in [0.25, 0.3) is 0 Å². The van der Waals surface area contributed by atoms with Gasteiger partial charge in [0.05, 0.1) is 10.6 Å². The van der Waals surface area contributed by atoms with Crippen LogP contribution >= 0.6 is 0 Å². The Labute approximate surface area is 118 Å². The third-order valence-corrected chi connectivity index (χ3v) is 3.71. The lowest BCUT2D eigenvalue weighted by atomic mass is 10.3. The number of sulfone groups is 1. The largest absolute Gasteiger partial charge is 0.439 e. The highest BCUT2D eigenvalue weighted by Crippen LogP contribution is 2.22. The molecule has 0 aliphatic rings. The molecule has 0 bridgehead atoms. The molecule has 1 heterocycles. The zero-order valence-electron chi connectivity index (χ0n) is 11.3. The van der Waals surface area contributed by atoms with E-state index in [0.29, 0.717) is 18.2 Å². The Balaban J connectivity index is 2.24. The molecule has 0 radical (unpaired) electrons. The van der Waals surface area contributed by atoms with Crippen LogP contribution in [-0.2, 0) is 16.4 Å². The van der Waals surface area contributed by atoms with Crippen molar-refractivity contribution in [3.63, 3.8) is 0 Å². The van der Waals surface area contributed by atoms with Crippen molar-refractivity contribution >= 4 is 9.84 Å². The summed E-state index contributed by atoms with van der Waals surface area (Å²) in [6, 6.07) is 11.8. The number of rotatable bonds is 5. The van der Waals surface area contributed by atoms with Gasteiger partial charge in [0.1, 0.15) is 5.75 Å². The number of benzene rings is 1. The third kappa shape index (κ3) is 3.79. The van der Waals surface area contributed by atoms with E-state index in [9.17, 15) is 8.42 Å². The lowest BCUT2D eigenvalue weighted by Gasteiger charge is -2.07. The van der Waals surface area contributed by atoms with Crippen LogP contribution in [0, 0.1) is 0 Å². The highest BCUT2D eigenvalue weighted by Gasteiger charge is 2.08. The van der Waals surface area contributed by atoms with Crippen LogP contribution in [0.1, 0.15) is 5.69 Å². The number of nitrogens with one attached hydrogen (secondary N) is 1. The van der Waals surface area contributed by atoms with Crippen molar-refractivity contribution in [2.45, 2.75) is 11.4 Å². The fourth-order valence-corrected chi connectivity index (χ4v) is 2.34. The monoisotopic (exact) mass is 292 g/mol. The first kappa shape index (κ1) is 14.5. The fourth-order valence-electron chi connectivity index (χ4n) is 1.68. The summed E-state index contributed by atoms with van der Waals surface area (Å²) < 4.78 is 28.6. The first-order valence-corrected chi connectivity index (χ1v) is 7.97. The Hall–Kier alpha value is -1.92. The van der Waals surface area contributed by atoms with Gasteiger partial charge in [0.15, 0.2) is 9.84 Å². The molecule has 0 unspecified atom stereocenters. The van der Waals surface area contributed by atoms with Crippen molar-refractivity contribution in [1.29, 1.82) is 0 Å². The standard InChI is InChI=1S/C14H16N2O3S/c1-15-10-11-5-3-8-14(16-11)19-12-6-4-7-13(9-12)20(2,17)18/h3-9,15H,10H2,1-2H3. The van der Waals surface area contributed by atoms with Crippen LogP contribution in [0.4, 0.5) is 0 Å². The van der Waals surface area contributed by atoms with E-state index >= 15 is 0 Å². The van der Waals surface area contributed by atoms with Crippen molar-refractivity contribution in [1.82, 2.24) is 10.3 Å². The van der Waals surface area contributed by atoms with Crippen LogP contribution in [0.2, 0.25) is 0 Å². The smallest absolute Gasteiger partial charge is 0.219 e. The van der Waals surface area contributed by atoms with Gasteiger partial charge in [-0.1, -0.05) is 12.1 Å². The van der Waals surface area contributed by atoms with Crippen molar-refractivity contribution in [3.05, 3.63) is 48.2 Å². The van der Waals surface area contributed by atoms with Crippen LogP contribution in [0.3, 0.4) is 0 Å². The molecule has 0 saturated carbocycles. The predicted octanol–water partition coefficient (Wildman–Crippen LogP) is 2.00. The topological polar surface area (TPSA) is 68.3 Å². The first-order valence-electron chi connectivity index (χ1n) is 6.07. The maximum atomic E-state index is 11.5. The number of hydrogen-bond donors (Lipinski definition) is 1. The summed E-state index contributed by atoms with van der Waals surface area (Å²) in [5, 5.41) is 3.01. The molecule has 6 heteroatoms. The molecule has 0 spiro atoms. The number of pyridine rings is 1. The Morgan fingerprint density at radius 2 is 1.95 bits per heavy atom. The molecule has 0 aliphatic carbocycles. The Bertz CT molecular complexity index is 699. The second kappa shape index (κ2) is 6.02. The van der Waals surface area contributed by atoms with Crippen LogP contribution in [0.15, 0.2) is 47.4 Å². The van der Waals surface area contributed by atoms with Gasteiger partial charge in [-0.25, -0.2) is 13.4 Å². The average molecular weight is 292 g/mol. The SMILES string of the molecule is CNCc1cccc(Oc2cccc(S(C)(=O)=O)c2)n1. The average Bonchev–Trinajstić information content (AvgIpc) is 2.39. The van der Waals surface area contributed by atoms with E-state index < -0.39 is 9.84 Å². The molecular formula is C14H16N2O3S. The second-order valence-electron chi connectivity index (χ2n) is 4.35. The van der Waals surface area contributed by atoms with Crippen molar-refractivity contribution < 1.29 is 13.2 Å². The molecule has 2 rings (SSSR count). The van der Waals surface area contributed by atoms with Gasteiger partial charge in [-0.15, -0.1) is 0 Å². The molecule has 1 aromatic carbocycles. The summed E-state index contributed by atoms with van der Waals surface area (Å²) >= 11 is 0. The lowest BCUT2D eigenvalue weighted by Crippen LogP contribution is -2.07. The van der Waals surface area contributed by atoms with Crippen molar-refractivity contribution in [2.24, 2.45) is 0 Å². The van der Waals surface area contributed by atoms with E-state index in [4.69, 9.17) is 4.74 Å². The summed E-state index contributed by atoms with van der Waals surface area (Å²) in [6.07, 6.45) is 1.16. The third-order valence-electron chi connectivity index (χ3n) is 2.60. The molecule has 0 saturated heterocycles. The van der Waals surface area contributed by atoms with E-state index in [0.717, 1.165) is 11.9 Å². The molecular weight excluding hydrogens is 276 g/mol. The quantitative estimate of drug-likeness (QED) is 0.913. The summed E-state index contributed by atoms with van der Waals surface area (Å²) in [6.45, 7) is 0.639. The summed E-state index contributed by atoms with van der Waals surface area (Å²) in [5.74, 6) is 0.880. The van der Waals surface area contributed by atoms with Gasteiger partial charge in [0.2, 0.25) is 5.88 Å². The first-order chi connectivity index (χ1) is 9.49. The molecule has 1 aromatic heterocycles. The summed E-state index contributed by atoms with van der Waals surface area (Å²) in [7, 11) is -1.41. The van der Waals surface area contributed by atoms with Gasteiger partial charge >= 0.3 is 0 Å². The molecule has 5 nitrogen and oxygen atoms in total. The van der Waals surface area contributed by atoms with E-state index in [1.807, 2.05) is 19.2 Å². The molecule has 0 aliphatic heterocycles. The zero-order chi connectivity index (χ0) is 14.6. The molecule has 2 aromatic rings. The Kier molecular flexibility index (Phi) is 4.36. The minimum absolute atomic E-state index is 0.223. The number of hydrogen-bond acceptors (Lipinski definition) is 5. The number of ether oxygens (including phenoxy) is 1. The Morgan fingerprint density at radius 1 is 1.20 bits per heavy atom. The normalized spacial score (nSPS) is 11.3. The van der Waals surface area contributed by atoms with Crippen molar-refractivity contribution in [3.8, 4) is 11.6 Å². The van der Waals surface area contributed by atoms with Crippen LogP contribution in [0.5, 0.6) is 11.6 Å². The van der Waals surface area contributed by atoms with Crippen LogP contribution in [0.25, 0.3) is 0 Å². The predicted molar refractivity (Wildman–Crippen MR) is 76.6 cm³/mol. The van der Waals surface area contributed by atoms with E-state index in [2.05, 4.69) is 10.3 Å². The maximum Gasteiger partial charge on any atom is 0.219 e. The molecule has 0 fully saturated rings. The summed E-state index contributed by atoms with van der Waals surface area (Å²) in [4.78, 5) is 4.54. The molecule has 106 valence electrons. The van der Waals surface area contributed by atoms with Gasteiger partial charge in [-0.2, -0.15) is 0 Å². The van der Waals surface area contributed by atoms with Crippen LogP contribution < -0.4 is 10.1 Å². The number of aromatic nitrogens is 1. The zero-order valence-corrected chi connectivity index (χ0v) is 12.1. The van der Waals surface area contributed by atoms with Crippen molar-refractivity contribution in [2.75, 3.05) is 13.3 Å². The lowest BCUT2D eigenvalue weighted by molar-refractivity contribution is 0.458. The molecule has 0 amide bonds. The molecule has 20 heavy (non-hydrogen) atoms. The van der Waals surface area contributed by atoms with Crippen LogP contribution in [-0.4, -0.2) is 26.7 Å². The van der Waals surface area contributed by atoms with Gasteiger partial charge < -0.3 is 10.1 Å². The molecule has 1 N–H and O–H groups in total. The van der Waals surface area contributed by atoms with Gasteiger partial charge in [-0.05, 0) is 31.3 Å². The highest BCUT2D eigenvalue weighted by atomic mass is 32.2. The highest BCUT2D eigenvalue weighted by molar-refractivity contribution is 7.90. The molecule has 0 atom stereocenters. The maximum absolute atomic E-state index is 11.5. The van der Waals surface area contributed by atoms with Gasteiger partial charge in [0, 0.05) is 18.9 Å². The fraction of sp³-hybridized carbons (Fsp3) is 0.214. The minimum atomic E-state index is -3.24. The Morgan fingerprint density at radius 3 is 2.65 bits per heavy atom. The van der Waals surface area contributed by atoms with Gasteiger partial charge in [-0.3, -0.25) is 0 Å². The van der Waals surface area contributed by atoms with E-state index in [1.54, 1.807) is 18.2 Å². The number of nitrogens with zero attached hydrogens (tertiary/aromatic N) is 1. The minimum Gasteiger partial charge on any atom is -0.439 e. The van der Waals surface area contributed by atoms with E-state index in [1.165, 1.54) is 12.1 Å².